The maximum absolute atomic E-state index is 4.91. The van der Waals surface area contributed by atoms with Crippen LogP contribution in [0.4, 0.5) is 0 Å². The number of aromatic nitrogens is 1. The molecule has 1 aromatic rings. The van der Waals surface area contributed by atoms with Crippen molar-refractivity contribution in [3.05, 3.63) is 23.5 Å². The first-order valence-electron chi connectivity index (χ1n) is 2.96. The predicted molar refractivity (Wildman–Crippen MR) is 36.2 cm³/mol. The third-order valence-corrected chi connectivity index (χ3v) is 1.19. The van der Waals surface area contributed by atoms with Crippen molar-refractivity contribution in [2.75, 3.05) is 7.11 Å². The summed E-state index contributed by atoms with van der Waals surface area (Å²) in [7, 11) is 1.69. The summed E-state index contributed by atoms with van der Waals surface area (Å²) in [5.74, 6) is 0. The number of aromatic amines is 1. The van der Waals surface area contributed by atoms with Crippen LogP contribution in [0.1, 0.15) is 11.4 Å². The molecule has 0 saturated heterocycles. The van der Waals surface area contributed by atoms with Gasteiger partial charge in [-0.1, -0.05) is 0 Å². The SMILES string of the molecule is COCc1ccc(C)[nH]1. The van der Waals surface area contributed by atoms with Crippen LogP contribution in [-0.2, 0) is 11.3 Å². The number of hydrogen-bond donors (Lipinski definition) is 1. The first-order chi connectivity index (χ1) is 4.33. The van der Waals surface area contributed by atoms with Gasteiger partial charge in [-0.25, -0.2) is 0 Å². The second-order valence-corrected chi connectivity index (χ2v) is 2.10. The van der Waals surface area contributed by atoms with Gasteiger partial charge in [0.1, 0.15) is 0 Å². The molecule has 0 atom stereocenters. The van der Waals surface area contributed by atoms with Crippen LogP contribution >= 0.6 is 0 Å². The van der Waals surface area contributed by atoms with E-state index in [1.54, 1.807) is 7.11 Å². The third-order valence-electron chi connectivity index (χ3n) is 1.19. The third kappa shape index (κ3) is 1.57. The van der Waals surface area contributed by atoms with Crippen molar-refractivity contribution >= 4 is 0 Å². The molecule has 0 bridgehead atoms. The molecule has 0 radical (unpaired) electrons. The average Bonchev–Trinajstić information content (AvgIpc) is 2.17. The van der Waals surface area contributed by atoms with Crippen molar-refractivity contribution in [3.8, 4) is 0 Å². The monoisotopic (exact) mass is 125 g/mol. The number of methoxy groups -OCH3 is 1. The van der Waals surface area contributed by atoms with Crippen molar-refractivity contribution in [1.29, 1.82) is 0 Å². The zero-order valence-corrected chi connectivity index (χ0v) is 5.77. The molecule has 0 aliphatic heterocycles. The molecule has 0 fully saturated rings. The molecule has 1 aromatic heterocycles. The van der Waals surface area contributed by atoms with E-state index in [1.165, 1.54) is 5.69 Å². The fraction of sp³-hybridized carbons (Fsp3) is 0.429. The Kier molecular flexibility index (Phi) is 1.90. The van der Waals surface area contributed by atoms with Crippen LogP contribution in [0.25, 0.3) is 0 Å². The average molecular weight is 125 g/mol. The minimum Gasteiger partial charge on any atom is -0.378 e. The van der Waals surface area contributed by atoms with Gasteiger partial charge >= 0.3 is 0 Å². The first kappa shape index (κ1) is 6.36. The minimum absolute atomic E-state index is 0.674. The number of ether oxygens (including phenoxy) is 1. The number of hydrogen-bond acceptors (Lipinski definition) is 1. The van der Waals surface area contributed by atoms with E-state index in [4.69, 9.17) is 4.74 Å². The molecule has 9 heavy (non-hydrogen) atoms. The molecule has 0 aromatic carbocycles. The Bertz CT molecular complexity index is 181. The van der Waals surface area contributed by atoms with Gasteiger partial charge in [0.2, 0.25) is 0 Å². The molecule has 0 unspecified atom stereocenters. The minimum atomic E-state index is 0.674. The van der Waals surface area contributed by atoms with E-state index in [9.17, 15) is 0 Å². The summed E-state index contributed by atoms with van der Waals surface area (Å²) in [5, 5.41) is 0. The van der Waals surface area contributed by atoms with E-state index in [0.717, 1.165) is 5.69 Å². The Morgan fingerprint density at radius 3 is 2.78 bits per heavy atom. The summed E-state index contributed by atoms with van der Waals surface area (Å²) < 4.78 is 4.91. The van der Waals surface area contributed by atoms with E-state index in [-0.39, 0.29) is 0 Å². The summed E-state index contributed by atoms with van der Waals surface area (Å²) >= 11 is 0. The highest BCUT2D eigenvalue weighted by atomic mass is 16.5. The maximum atomic E-state index is 4.91. The van der Waals surface area contributed by atoms with Crippen molar-refractivity contribution < 1.29 is 4.74 Å². The molecule has 0 amide bonds. The maximum Gasteiger partial charge on any atom is 0.0861 e. The van der Waals surface area contributed by atoms with E-state index in [2.05, 4.69) is 4.98 Å². The molecule has 2 heteroatoms. The topological polar surface area (TPSA) is 25.0 Å². The van der Waals surface area contributed by atoms with Crippen LogP contribution in [0, 0.1) is 6.92 Å². The van der Waals surface area contributed by atoms with Crippen LogP contribution in [0.3, 0.4) is 0 Å². The molecule has 1 N–H and O–H groups in total. The molecule has 1 rings (SSSR count). The lowest BCUT2D eigenvalue weighted by Gasteiger charge is -1.91. The summed E-state index contributed by atoms with van der Waals surface area (Å²) in [6, 6.07) is 4.06. The van der Waals surface area contributed by atoms with Crippen LogP contribution in [0.15, 0.2) is 12.1 Å². The van der Waals surface area contributed by atoms with Gasteiger partial charge in [-0.05, 0) is 19.1 Å². The summed E-state index contributed by atoms with van der Waals surface area (Å²) in [5.41, 5.74) is 2.32. The number of rotatable bonds is 2. The highest BCUT2D eigenvalue weighted by Crippen LogP contribution is 2.00. The molecule has 2 nitrogen and oxygen atoms in total. The predicted octanol–water partition coefficient (Wildman–Crippen LogP) is 1.47. The second kappa shape index (κ2) is 2.69. The van der Waals surface area contributed by atoms with E-state index in [0.29, 0.717) is 6.61 Å². The normalized spacial score (nSPS) is 10.0. The Labute approximate surface area is 54.8 Å². The fourth-order valence-corrected chi connectivity index (χ4v) is 0.802. The fourth-order valence-electron chi connectivity index (χ4n) is 0.802. The number of H-pyrrole nitrogens is 1. The first-order valence-corrected chi connectivity index (χ1v) is 2.96. The Hall–Kier alpha value is -0.760. The second-order valence-electron chi connectivity index (χ2n) is 2.10. The van der Waals surface area contributed by atoms with Crippen LogP contribution in [0.5, 0.6) is 0 Å². The van der Waals surface area contributed by atoms with Crippen molar-refractivity contribution in [3.63, 3.8) is 0 Å². The quantitative estimate of drug-likeness (QED) is 0.636. The van der Waals surface area contributed by atoms with Gasteiger partial charge in [0, 0.05) is 18.5 Å². The zero-order valence-electron chi connectivity index (χ0n) is 5.77. The van der Waals surface area contributed by atoms with Gasteiger partial charge in [0.15, 0.2) is 0 Å². The van der Waals surface area contributed by atoms with Crippen LogP contribution in [-0.4, -0.2) is 12.1 Å². The van der Waals surface area contributed by atoms with Gasteiger partial charge in [-0.2, -0.15) is 0 Å². The lowest BCUT2D eigenvalue weighted by atomic mass is 10.4. The van der Waals surface area contributed by atoms with Gasteiger partial charge < -0.3 is 9.72 Å². The molecular formula is C7H11NO. The van der Waals surface area contributed by atoms with Gasteiger partial charge in [-0.15, -0.1) is 0 Å². The Balaban J connectivity index is 2.61. The Morgan fingerprint density at radius 2 is 2.33 bits per heavy atom. The van der Waals surface area contributed by atoms with E-state index in [1.807, 2.05) is 19.1 Å². The van der Waals surface area contributed by atoms with Crippen molar-refractivity contribution in [2.24, 2.45) is 0 Å². The standard InChI is InChI=1S/C7H11NO/c1-6-3-4-7(8-6)5-9-2/h3-4,8H,5H2,1-2H3. The largest absolute Gasteiger partial charge is 0.378 e. The lowest BCUT2D eigenvalue weighted by Crippen LogP contribution is -1.85. The van der Waals surface area contributed by atoms with Gasteiger partial charge in [0.05, 0.1) is 6.61 Å². The highest BCUT2D eigenvalue weighted by molar-refractivity contribution is 5.10. The molecular weight excluding hydrogens is 114 g/mol. The van der Waals surface area contributed by atoms with Crippen LogP contribution < -0.4 is 0 Å². The molecule has 0 saturated carbocycles. The molecule has 50 valence electrons. The van der Waals surface area contributed by atoms with E-state index < -0.39 is 0 Å². The van der Waals surface area contributed by atoms with Crippen molar-refractivity contribution in [2.45, 2.75) is 13.5 Å². The van der Waals surface area contributed by atoms with Gasteiger partial charge in [0.25, 0.3) is 0 Å². The summed E-state index contributed by atoms with van der Waals surface area (Å²) in [4.78, 5) is 3.15. The summed E-state index contributed by atoms with van der Waals surface area (Å²) in [6.45, 7) is 2.70. The van der Waals surface area contributed by atoms with E-state index >= 15 is 0 Å². The number of nitrogens with one attached hydrogen (secondary N) is 1. The van der Waals surface area contributed by atoms with Crippen molar-refractivity contribution in [1.82, 2.24) is 4.98 Å². The molecule has 0 aliphatic rings. The molecule has 0 aliphatic carbocycles. The van der Waals surface area contributed by atoms with Crippen LogP contribution in [0.2, 0.25) is 0 Å². The summed E-state index contributed by atoms with van der Waals surface area (Å²) in [6.07, 6.45) is 0. The van der Waals surface area contributed by atoms with Gasteiger partial charge in [-0.3, -0.25) is 0 Å². The number of aryl methyl sites for hydroxylation is 1. The molecule has 1 heterocycles. The smallest absolute Gasteiger partial charge is 0.0861 e. The molecule has 0 spiro atoms. The lowest BCUT2D eigenvalue weighted by molar-refractivity contribution is 0.182. The zero-order chi connectivity index (χ0) is 6.69. The highest BCUT2D eigenvalue weighted by Gasteiger charge is 1.90. The Morgan fingerprint density at radius 1 is 1.56 bits per heavy atom.